The Bertz CT molecular complexity index is 882. The molecule has 7 nitrogen and oxygen atoms in total. The number of hydrogen-bond donors (Lipinski definition) is 2. The quantitative estimate of drug-likeness (QED) is 0.777. The second-order valence-corrected chi connectivity index (χ2v) is 8.42. The maximum Gasteiger partial charge on any atom is 0.255 e. The van der Waals surface area contributed by atoms with Crippen molar-refractivity contribution < 1.29 is 14.3 Å². The van der Waals surface area contributed by atoms with Crippen molar-refractivity contribution in [1.29, 1.82) is 0 Å². The summed E-state index contributed by atoms with van der Waals surface area (Å²) in [5.74, 6) is -0.205. The fourth-order valence-corrected chi connectivity index (χ4v) is 4.62. The zero-order chi connectivity index (χ0) is 19.5. The number of halogens is 1. The number of fused-ring (bicyclic) bond motifs is 1. The summed E-state index contributed by atoms with van der Waals surface area (Å²) in [6.45, 7) is 2.32. The van der Waals surface area contributed by atoms with Gasteiger partial charge in [-0.2, -0.15) is 0 Å². The number of benzene rings is 1. The molecule has 1 fully saturated rings. The van der Waals surface area contributed by atoms with Crippen LogP contribution in [0.5, 0.6) is 0 Å². The Hall–Kier alpha value is -2.00. The molecule has 2 N–H and O–H groups in total. The first-order chi connectivity index (χ1) is 13.6. The van der Waals surface area contributed by atoms with Gasteiger partial charge in [-0.15, -0.1) is 11.3 Å². The number of hydrogen-bond acceptors (Lipinski definition) is 6. The highest BCUT2D eigenvalue weighted by molar-refractivity contribution is 7.15. The van der Waals surface area contributed by atoms with Crippen LogP contribution in [0.1, 0.15) is 23.4 Å². The minimum atomic E-state index is -0.368. The van der Waals surface area contributed by atoms with Crippen LogP contribution < -0.4 is 10.6 Å². The van der Waals surface area contributed by atoms with Gasteiger partial charge in [-0.3, -0.25) is 19.8 Å². The molecule has 9 heteroatoms. The number of ether oxygens (including phenoxy) is 1. The van der Waals surface area contributed by atoms with Crippen LogP contribution in [0.3, 0.4) is 0 Å². The Kier molecular flexibility index (Phi) is 5.91. The summed E-state index contributed by atoms with van der Waals surface area (Å²) in [5, 5.41) is 6.93. The van der Waals surface area contributed by atoms with E-state index in [1.807, 2.05) is 6.07 Å². The fraction of sp³-hybridized carbons (Fsp3) is 0.421. The lowest BCUT2D eigenvalue weighted by molar-refractivity contribution is -0.124. The highest BCUT2D eigenvalue weighted by Crippen LogP contribution is 2.29. The number of carbonyl (C=O) groups is 2. The maximum atomic E-state index is 12.3. The summed E-state index contributed by atoms with van der Waals surface area (Å²) < 4.78 is 5.41. The summed E-state index contributed by atoms with van der Waals surface area (Å²) in [5.41, 5.74) is 1.69. The molecule has 2 aromatic rings. The van der Waals surface area contributed by atoms with Gasteiger partial charge in [0.1, 0.15) is 6.10 Å². The number of thiazole rings is 1. The minimum absolute atomic E-state index is 0.0814. The average molecular weight is 421 g/mol. The van der Waals surface area contributed by atoms with Crippen molar-refractivity contribution >= 4 is 45.6 Å². The Labute approximate surface area is 172 Å². The molecule has 1 aromatic heterocycles. The van der Waals surface area contributed by atoms with Gasteiger partial charge in [0.15, 0.2) is 5.13 Å². The SMILES string of the molecule is O=C(CN1CCc2nc(NC(=O)C3CCCO3)sc2C1)Nc1cccc(Cl)c1. The second kappa shape index (κ2) is 8.57. The lowest BCUT2D eigenvalue weighted by Crippen LogP contribution is -2.36. The van der Waals surface area contributed by atoms with E-state index in [0.717, 1.165) is 36.4 Å². The van der Waals surface area contributed by atoms with Crippen LogP contribution in [-0.2, 0) is 27.3 Å². The van der Waals surface area contributed by atoms with Crippen molar-refractivity contribution in [2.45, 2.75) is 31.9 Å². The molecule has 28 heavy (non-hydrogen) atoms. The smallest absolute Gasteiger partial charge is 0.255 e. The van der Waals surface area contributed by atoms with Crippen LogP contribution in [0, 0.1) is 0 Å². The van der Waals surface area contributed by atoms with Gasteiger partial charge >= 0.3 is 0 Å². The first kappa shape index (κ1) is 19.3. The number of nitrogens with zero attached hydrogens (tertiary/aromatic N) is 2. The van der Waals surface area contributed by atoms with Gasteiger partial charge in [0.25, 0.3) is 5.91 Å². The van der Waals surface area contributed by atoms with Gasteiger partial charge in [-0.05, 0) is 31.0 Å². The molecule has 0 spiro atoms. The van der Waals surface area contributed by atoms with Crippen LogP contribution in [0.2, 0.25) is 5.02 Å². The van der Waals surface area contributed by atoms with Gasteiger partial charge in [0.2, 0.25) is 5.91 Å². The van der Waals surface area contributed by atoms with Crippen LogP contribution in [0.15, 0.2) is 24.3 Å². The third kappa shape index (κ3) is 4.70. The molecule has 1 unspecified atom stereocenters. The van der Waals surface area contributed by atoms with Crippen molar-refractivity contribution in [3.63, 3.8) is 0 Å². The molecular formula is C19H21ClN4O3S. The Morgan fingerprint density at radius 2 is 2.25 bits per heavy atom. The molecule has 0 saturated carbocycles. The predicted octanol–water partition coefficient (Wildman–Crippen LogP) is 2.91. The van der Waals surface area contributed by atoms with E-state index in [9.17, 15) is 9.59 Å². The third-order valence-corrected chi connectivity index (χ3v) is 5.97. The molecule has 4 rings (SSSR count). The number of nitrogens with one attached hydrogen (secondary N) is 2. The molecule has 0 aliphatic carbocycles. The van der Waals surface area contributed by atoms with Gasteiger partial charge in [0.05, 0.1) is 12.2 Å². The molecule has 148 valence electrons. The van der Waals surface area contributed by atoms with Gasteiger partial charge in [-0.25, -0.2) is 4.98 Å². The molecule has 0 bridgehead atoms. The lowest BCUT2D eigenvalue weighted by Gasteiger charge is -2.25. The van der Waals surface area contributed by atoms with E-state index in [1.165, 1.54) is 11.3 Å². The number of anilines is 2. The van der Waals surface area contributed by atoms with Crippen molar-refractivity contribution in [2.24, 2.45) is 0 Å². The van der Waals surface area contributed by atoms with Crippen molar-refractivity contribution in [1.82, 2.24) is 9.88 Å². The second-order valence-electron chi connectivity index (χ2n) is 6.90. The largest absolute Gasteiger partial charge is 0.368 e. The summed E-state index contributed by atoms with van der Waals surface area (Å²) in [6, 6.07) is 7.10. The molecular weight excluding hydrogens is 400 g/mol. The highest BCUT2D eigenvalue weighted by Gasteiger charge is 2.26. The van der Waals surface area contributed by atoms with E-state index < -0.39 is 0 Å². The number of carbonyl (C=O) groups excluding carboxylic acids is 2. The third-order valence-electron chi connectivity index (χ3n) is 4.74. The summed E-state index contributed by atoms with van der Waals surface area (Å²) in [4.78, 5) is 32.2. The number of rotatable bonds is 5. The van der Waals surface area contributed by atoms with E-state index >= 15 is 0 Å². The van der Waals surface area contributed by atoms with E-state index in [0.29, 0.717) is 35.5 Å². The number of amides is 2. The van der Waals surface area contributed by atoms with Crippen LogP contribution in [0.25, 0.3) is 0 Å². The Balaban J connectivity index is 1.32. The number of aromatic nitrogens is 1. The van der Waals surface area contributed by atoms with Crippen LogP contribution in [0.4, 0.5) is 10.8 Å². The van der Waals surface area contributed by atoms with Crippen molar-refractivity contribution in [3.8, 4) is 0 Å². The van der Waals surface area contributed by atoms with Gasteiger partial charge < -0.3 is 10.1 Å². The summed E-state index contributed by atoms with van der Waals surface area (Å²) in [6.07, 6.45) is 2.06. The first-order valence-electron chi connectivity index (χ1n) is 9.25. The average Bonchev–Trinajstić information content (AvgIpc) is 3.30. The first-order valence-corrected chi connectivity index (χ1v) is 10.4. The normalized spacial score (nSPS) is 19.2. The highest BCUT2D eigenvalue weighted by atomic mass is 35.5. The molecule has 3 heterocycles. The van der Waals surface area contributed by atoms with Gasteiger partial charge in [-0.1, -0.05) is 17.7 Å². The predicted molar refractivity (Wildman–Crippen MR) is 109 cm³/mol. The van der Waals surface area contributed by atoms with Crippen LogP contribution in [-0.4, -0.2) is 47.5 Å². The molecule has 2 amide bonds. The Morgan fingerprint density at radius 1 is 1.36 bits per heavy atom. The molecule has 1 aromatic carbocycles. The van der Waals surface area contributed by atoms with Crippen molar-refractivity contribution in [2.75, 3.05) is 30.3 Å². The Morgan fingerprint density at radius 3 is 3.04 bits per heavy atom. The summed E-state index contributed by atoms with van der Waals surface area (Å²) in [7, 11) is 0. The lowest BCUT2D eigenvalue weighted by atomic mass is 10.2. The molecule has 1 saturated heterocycles. The minimum Gasteiger partial charge on any atom is -0.368 e. The zero-order valence-electron chi connectivity index (χ0n) is 15.2. The van der Waals surface area contributed by atoms with E-state index in [2.05, 4.69) is 20.5 Å². The van der Waals surface area contributed by atoms with E-state index in [-0.39, 0.29) is 17.9 Å². The summed E-state index contributed by atoms with van der Waals surface area (Å²) >= 11 is 7.42. The molecule has 2 aliphatic rings. The monoisotopic (exact) mass is 420 g/mol. The van der Waals surface area contributed by atoms with Gasteiger partial charge in [0, 0.05) is 41.7 Å². The molecule has 2 aliphatic heterocycles. The molecule has 0 radical (unpaired) electrons. The fourth-order valence-electron chi connectivity index (χ4n) is 3.38. The topological polar surface area (TPSA) is 83.6 Å². The standard InChI is InChI=1S/C19H21ClN4O3S/c20-12-3-1-4-13(9-12)21-17(25)11-24-7-6-14-16(10-24)28-19(22-14)23-18(26)15-5-2-8-27-15/h1,3-4,9,15H,2,5-8,10-11H2,(H,21,25)(H,22,23,26). The van der Waals surface area contributed by atoms with E-state index in [1.54, 1.807) is 18.2 Å². The van der Waals surface area contributed by atoms with Crippen LogP contribution >= 0.6 is 22.9 Å². The molecule has 1 atom stereocenters. The maximum absolute atomic E-state index is 12.3. The van der Waals surface area contributed by atoms with E-state index in [4.69, 9.17) is 16.3 Å². The zero-order valence-corrected chi connectivity index (χ0v) is 16.8. The van der Waals surface area contributed by atoms with Crippen molar-refractivity contribution in [3.05, 3.63) is 39.9 Å².